The first-order chi connectivity index (χ1) is 18.8. The van der Waals surface area contributed by atoms with E-state index in [1.807, 2.05) is 6.07 Å². The number of esters is 1. The summed E-state index contributed by atoms with van der Waals surface area (Å²) in [6, 6.07) is 24.9. The summed E-state index contributed by atoms with van der Waals surface area (Å²) < 4.78 is 6.19. The number of benzene rings is 4. The maximum absolute atomic E-state index is 12.5. The van der Waals surface area contributed by atoms with E-state index in [1.54, 1.807) is 60.7 Å². The fourth-order valence-electron chi connectivity index (χ4n) is 3.31. The van der Waals surface area contributed by atoms with E-state index in [1.165, 1.54) is 30.3 Å². The minimum Gasteiger partial charge on any atom is -0.422 e. The average Bonchev–Trinajstić information content (AvgIpc) is 2.94. The molecule has 10 nitrogen and oxygen atoms in total. The summed E-state index contributed by atoms with van der Waals surface area (Å²) in [5.74, 6) is -1.50. The first kappa shape index (κ1) is 26.9. The molecule has 0 spiro atoms. The Bertz CT molecular complexity index is 1560. The van der Waals surface area contributed by atoms with Crippen LogP contribution < -0.4 is 15.5 Å². The van der Waals surface area contributed by atoms with E-state index in [-0.39, 0.29) is 34.0 Å². The van der Waals surface area contributed by atoms with E-state index in [9.17, 15) is 24.5 Å². The van der Waals surface area contributed by atoms with Crippen molar-refractivity contribution in [2.75, 3.05) is 5.32 Å². The lowest BCUT2D eigenvalue weighted by Crippen LogP contribution is -2.18. The Hall–Kier alpha value is -5.16. The molecule has 0 heterocycles. The van der Waals surface area contributed by atoms with E-state index in [0.717, 1.165) is 10.7 Å². The molecule has 0 radical (unpaired) electrons. The van der Waals surface area contributed by atoms with Crippen molar-refractivity contribution in [1.82, 2.24) is 5.43 Å². The van der Waals surface area contributed by atoms with Gasteiger partial charge >= 0.3 is 5.97 Å². The normalized spacial score (nSPS) is 10.6. The molecular weight excluding hydrogens is 568 g/mol. The van der Waals surface area contributed by atoms with Crippen molar-refractivity contribution in [3.05, 3.63) is 134 Å². The molecule has 0 atom stereocenters. The molecule has 0 saturated heterocycles. The van der Waals surface area contributed by atoms with Crippen molar-refractivity contribution in [3.63, 3.8) is 0 Å². The first-order valence-corrected chi connectivity index (χ1v) is 12.2. The number of nitro groups is 1. The number of hydrogen-bond donors (Lipinski definition) is 2. The minimum atomic E-state index is -0.672. The zero-order valence-electron chi connectivity index (χ0n) is 20.0. The van der Waals surface area contributed by atoms with Crippen LogP contribution in [-0.2, 0) is 0 Å². The van der Waals surface area contributed by atoms with E-state index < -0.39 is 16.8 Å². The van der Waals surface area contributed by atoms with Crippen molar-refractivity contribution >= 4 is 51.3 Å². The third-order valence-electron chi connectivity index (χ3n) is 5.30. The Morgan fingerprint density at radius 1 is 0.821 bits per heavy atom. The lowest BCUT2D eigenvalue weighted by molar-refractivity contribution is -0.384. The Kier molecular flexibility index (Phi) is 8.54. The molecule has 2 N–H and O–H groups in total. The largest absolute Gasteiger partial charge is 0.422 e. The number of hydrazone groups is 1. The van der Waals surface area contributed by atoms with Gasteiger partial charge in [-0.25, -0.2) is 10.2 Å². The quantitative estimate of drug-likeness (QED) is 0.0906. The van der Waals surface area contributed by atoms with Crippen LogP contribution in [0.2, 0.25) is 0 Å². The number of halogens is 1. The Labute approximate surface area is 230 Å². The first-order valence-electron chi connectivity index (χ1n) is 11.4. The molecule has 0 aliphatic heterocycles. The third kappa shape index (κ3) is 7.21. The highest BCUT2D eigenvalue weighted by molar-refractivity contribution is 9.10. The van der Waals surface area contributed by atoms with Gasteiger partial charge in [0.1, 0.15) is 5.75 Å². The molecule has 4 aromatic rings. The smallest absolute Gasteiger partial charge is 0.343 e. The number of amides is 2. The highest BCUT2D eigenvalue weighted by Crippen LogP contribution is 2.24. The molecule has 2 amide bonds. The van der Waals surface area contributed by atoms with Crippen LogP contribution >= 0.6 is 15.9 Å². The summed E-state index contributed by atoms with van der Waals surface area (Å²) in [6.07, 6.45) is 1.14. The summed E-state index contributed by atoms with van der Waals surface area (Å²) in [5, 5.41) is 17.8. The summed E-state index contributed by atoms with van der Waals surface area (Å²) in [4.78, 5) is 48.0. The van der Waals surface area contributed by atoms with Crippen LogP contribution in [0.4, 0.5) is 11.4 Å². The number of hydrogen-bond acceptors (Lipinski definition) is 7. The Balaban J connectivity index is 1.43. The number of ether oxygens (including phenoxy) is 1. The van der Waals surface area contributed by atoms with E-state index >= 15 is 0 Å². The molecule has 0 bridgehead atoms. The van der Waals surface area contributed by atoms with E-state index in [2.05, 4.69) is 31.8 Å². The summed E-state index contributed by atoms with van der Waals surface area (Å²) in [7, 11) is 0. The summed E-state index contributed by atoms with van der Waals surface area (Å²) in [5.41, 5.74) is 3.71. The van der Waals surface area contributed by atoms with Crippen LogP contribution in [0.3, 0.4) is 0 Å². The van der Waals surface area contributed by atoms with Crippen LogP contribution in [0.15, 0.2) is 107 Å². The van der Waals surface area contributed by atoms with E-state index in [4.69, 9.17) is 4.74 Å². The molecule has 0 saturated carbocycles. The fraction of sp³-hybridized carbons (Fsp3) is 0. The molecule has 0 unspecified atom stereocenters. The second-order valence-electron chi connectivity index (χ2n) is 7.97. The molecule has 194 valence electrons. The predicted octanol–water partition coefficient (Wildman–Crippen LogP) is 5.59. The topological polar surface area (TPSA) is 140 Å². The third-order valence-corrected chi connectivity index (χ3v) is 5.83. The Morgan fingerprint density at radius 2 is 1.46 bits per heavy atom. The molecule has 0 aliphatic carbocycles. The second kappa shape index (κ2) is 12.4. The van der Waals surface area contributed by atoms with Crippen molar-refractivity contribution in [3.8, 4) is 5.75 Å². The number of nitrogens with one attached hydrogen (secondary N) is 2. The van der Waals surface area contributed by atoms with Gasteiger partial charge in [-0.1, -0.05) is 34.1 Å². The lowest BCUT2D eigenvalue weighted by atomic mass is 10.1. The van der Waals surface area contributed by atoms with Crippen LogP contribution in [-0.4, -0.2) is 28.9 Å². The SMILES string of the molecule is O=C(N/N=C/c1cc([N+](=O)[O-])ccc1OC(=O)c1ccc(Br)cc1)c1ccc(NC(=O)c2ccccc2)cc1. The van der Waals surface area contributed by atoms with Crippen molar-refractivity contribution in [2.45, 2.75) is 0 Å². The molecule has 4 aromatic carbocycles. The van der Waals surface area contributed by atoms with Crippen LogP contribution in [0.5, 0.6) is 5.75 Å². The summed E-state index contributed by atoms with van der Waals surface area (Å²) >= 11 is 3.29. The molecule has 39 heavy (non-hydrogen) atoms. The number of rotatable bonds is 8. The van der Waals surface area contributed by atoms with Crippen LogP contribution in [0, 0.1) is 10.1 Å². The number of nitrogens with zero attached hydrogens (tertiary/aromatic N) is 2. The van der Waals surface area contributed by atoms with Gasteiger partial charge in [-0.05, 0) is 66.7 Å². The highest BCUT2D eigenvalue weighted by Gasteiger charge is 2.15. The molecule has 0 fully saturated rings. The van der Waals surface area contributed by atoms with Gasteiger partial charge < -0.3 is 10.1 Å². The van der Waals surface area contributed by atoms with Gasteiger partial charge in [-0.3, -0.25) is 19.7 Å². The van der Waals surface area contributed by atoms with Crippen LogP contribution in [0.25, 0.3) is 0 Å². The van der Waals surface area contributed by atoms with Gasteiger partial charge in [-0.15, -0.1) is 0 Å². The molecular formula is C28H19BrN4O6. The molecule has 0 aromatic heterocycles. The van der Waals surface area contributed by atoms with Gasteiger partial charge in [0, 0.05) is 39.0 Å². The molecule has 4 rings (SSSR count). The van der Waals surface area contributed by atoms with Crippen molar-refractivity contribution in [1.29, 1.82) is 0 Å². The van der Waals surface area contributed by atoms with Gasteiger partial charge in [-0.2, -0.15) is 5.10 Å². The van der Waals surface area contributed by atoms with Crippen molar-refractivity contribution < 1.29 is 24.0 Å². The monoisotopic (exact) mass is 586 g/mol. The number of nitro benzene ring substituents is 1. The summed E-state index contributed by atoms with van der Waals surface area (Å²) in [6.45, 7) is 0. The van der Waals surface area contributed by atoms with Crippen LogP contribution in [0.1, 0.15) is 36.6 Å². The maximum Gasteiger partial charge on any atom is 0.343 e. The van der Waals surface area contributed by atoms with E-state index in [0.29, 0.717) is 11.3 Å². The maximum atomic E-state index is 12.5. The predicted molar refractivity (Wildman–Crippen MR) is 148 cm³/mol. The standard InChI is InChI=1S/C28H19BrN4O6/c29-22-10-6-20(7-11-22)28(36)39-25-15-14-24(33(37)38)16-21(25)17-30-32-27(35)19-8-12-23(13-9-19)31-26(34)18-4-2-1-3-5-18/h1-17H,(H,31,34)(H,32,35)/b30-17+. The number of carbonyl (C=O) groups excluding carboxylic acids is 3. The fourth-order valence-corrected chi connectivity index (χ4v) is 3.58. The zero-order chi connectivity index (χ0) is 27.8. The molecule has 11 heteroatoms. The minimum absolute atomic E-state index is 0.0185. The average molecular weight is 587 g/mol. The Morgan fingerprint density at radius 3 is 2.13 bits per heavy atom. The highest BCUT2D eigenvalue weighted by atomic mass is 79.9. The second-order valence-corrected chi connectivity index (χ2v) is 8.89. The van der Waals surface area contributed by atoms with Gasteiger partial charge in [0.25, 0.3) is 17.5 Å². The van der Waals surface area contributed by atoms with Gasteiger partial charge in [0.2, 0.25) is 0 Å². The number of anilines is 1. The van der Waals surface area contributed by atoms with Crippen molar-refractivity contribution in [2.24, 2.45) is 5.10 Å². The molecule has 0 aliphatic rings. The van der Waals surface area contributed by atoms with Gasteiger partial charge in [0.15, 0.2) is 0 Å². The lowest BCUT2D eigenvalue weighted by Gasteiger charge is -2.08. The number of non-ortho nitro benzene ring substituents is 1. The number of carbonyl (C=O) groups is 3. The zero-order valence-corrected chi connectivity index (χ0v) is 21.6. The van der Waals surface area contributed by atoms with Gasteiger partial charge in [0.05, 0.1) is 16.7 Å².